The Labute approximate surface area is 110 Å². The fourth-order valence-corrected chi connectivity index (χ4v) is 1.69. The van der Waals surface area contributed by atoms with Crippen LogP contribution >= 0.6 is 11.6 Å². The van der Waals surface area contributed by atoms with Crippen molar-refractivity contribution in [1.29, 1.82) is 5.26 Å². The molecular formula is C13H10ClN3O. The largest absolute Gasteiger partial charge is 0.437 e. The van der Waals surface area contributed by atoms with Gasteiger partial charge >= 0.3 is 0 Å². The lowest BCUT2D eigenvalue weighted by Gasteiger charge is -2.09. The lowest BCUT2D eigenvalue weighted by molar-refractivity contribution is 0.458. The maximum Gasteiger partial charge on any atom is 0.237 e. The molecule has 0 aliphatic heterocycles. The molecule has 0 aliphatic rings. The van der Waals surface area contributed by atoms with Gasteiger partial charge in [0.25, 0.3) is 0 Å². The molecule has 0 fully saturated rings. The van der Waals surface area contributed by atoms with E-state index in [1.807, 2.05) is 13.0 Å². The molecule has 0 spiro atoms. The van der Waals surface area contributed by atoms with Gasteiger partial charge in [0, 0.05) is 5.02 Å². The Balaban J connectivity index is 2.37. The molecule has 2 N–H and O–H groups in total. The molecule has 0 atom stereocenters. The monoisotopic (exact) mass is 259 g/mol. The zero-order chi connectivity index (χ0) is 13.1. The molecule has 0 saturated carbocycles. The number of benzene rings is 1. The average molecular weight is 260 g/mol. The second-order valence-corrected chi connectivity index (χ2v) is 4.18. The molecule has 1 heterocycles. The predicted molar refractivity (Wildman–Crippen MR) is 69.6 cm³/mol. The number of aryl methyl sites for hydroxylation is 1. The number of nitrogens with two attached hydrogens (primary N) is 1. The van der Waals surface area contributed by atoms with E-state index in [1.165, 1.54) is 12.3 Å². The van der Waals surface area contributed by atoms with E-state index in [-0.39, 0.29) is 5.88 Å². The zero-order valence-electron chi connectivity index (χ0n) is 9.64. The van der Waals surface area contributed by atoms with E-state index >= 15 is 0 Å². The van der Waals surface area contributed by atoms with Crippen LogP contribution in [0.5, 0.6) is 11.6 Å². The third-order valence-electron chi connectivity index (χ3n) is 2.34. The summed E-state index contributed by atoms with van der Waals surface area (Å²) in [6, 6.07) is 8.74. The molecule has 0 unspecified atom stereocenters. The highest BCUT2D eigenvalue weighted by molar-refractivity contribution is 6.30. The Bertz CT molecular complexity index is 635. The first kappa shape index (κ1) is 12.2. The number of nitrogens with zero attached hydrogens (tertiary/aromatic N) is 2. The molecule has 0 amide bonds. The van der Waals surface area contributed by atoms with E-state index in [0.29, 0.717) is 22.0 Å². The van der Waals surface area contributed by atoms with Crippen molar-refractivity contribution in [3.8, 4) is 17.7 Å². The molecule has 1 aromatic carbocycles. The van der Waals surface area contributed by atoms with Gasteiger partial charge in [-0.05, 0) is 36.8 Å². The van der Waals surface area contributed by atoms with E-state index in [4.69, 9.17) is 27.3 Å². The Morgan fingerprint density at radius 2 is 2.17 bits per heavy atom. The van der Waals surface area contributed by atoms with Gasteiger partial charge < -0.3 is 10.5 Å². The van der Waals surface area contributed by atoms with Gasteiger partial charge in [-0.1, -0.05) is 11.6 Å². The van der Waals surface area contributed by atoms with Crippen LogP contribution in [0.2, 0.25) is 5.02 Å². The highest BCUT2D eigenvalue weighted by Gasteiger charge is 2.09. The third-order valence-corrected chi connectivity index (χ3v) is 2.57. The van der Waals surface area contributed by atoms with Gasteiger partial charge in [0.2, 0.25) is 5.88 Å². The quantitative estimate of drug-likeness (QED) is 0.898. The SMILES string of the molecule is Cc1cc(Cl)ccc1Oc1ncc(N)cc1C#N. The molecule has 0 bridgehead atoms. The summed E-state index contributed by atoms with van der Waals surface area (Å²) >= 11 is 5.86. The minimum atomic E-state index is 0.233. The summed E-state index contributed by atoms with van der Waals surface area (Å²) < 4.78 is 5.59. The van der Waals surface area contributed by atoms with Crippen molar-refractivity contribution in [2.24, 2.45) is 0 Å². The van der Waals surface area contributed by atoms with Crippen LogP contribution in [0.25, 0.3) is 0 Å². The molecule has 2 rings (SSSR count). The Morgan fingerprint density at radius 3 is 2.83 bits per heavy atom. The molecule has 5 heteroatoms. The van der Waals surface area contributed by atoms with E-state index in [0.717, 1.165) is 5.56 Å². The first-order valence-electron chi connectivity index (χ1n) is 5.20. The van der Waals surface area contributed by atoms with Crippen molar-refractivity contribution in [2.75, 3.05) is 5.73 Å². The van der Waals surface area contributed by atoms with Gasteiger partial charge in [-0.15, -0.1) is 0 Å². The number of nitrogen functional groups attached to an aromatic ring is 1. The first-order chi connectivity index (χ1) is 8.60. The lowest BCUT2D eigenvalue weighted by Crippen LogP contribution is -1.96. The lowest BCUT2D eigenvalue weighted by atomic mass is 10.2. The summed E-state index contributed by atoms with van der Waals surface area (Å²) in [4.78, 5) is 4.01. The van der Waals surface area contributed by atoms with Gasteiger partial charge in [-0.2, -0.15) is 5.26 Å². The Morgan fingerprint density at radius 1 is 1.39 bits per heavy atom. The van der Waals surface area contributed by atoms with Crippen LogP contribution in [0.3, 0.4) is 0 Å². The summed E-state index contributed by atoms with van der Waals surface area (Å²) in [6.45, 7) is 1.87. The molecule has 90 valence electrons. The van der Waals surface area contributed by atoms with Crippen molar-refractivity contribution in [3.63, 3.8) is 0 Å². The maximum atomic E-state index is 8.99. The normalized spacial score (nSPS) is 9.83. The van der Waals surface area contributed by atoms with E-state index in [9.17, 15) is 0 Å². The van der Waals surface area contributed by atoms with Crippen LogP contribution in [0.15, 0.2) is 30.5 Å². The molecule has 2 aromatic rings. The van der Waals surface area contributed by atoms with Crippen LogP contribution in [0.4, 0.5) is 5.69 Å². The molecule has 1 aromatic heterocycles. The summed E-state index contributed by atoms with van der Waals surface area (Å²) in [5.74, 6) is 0.838. The number of hydrogen-bond acceptors (Lipinski definition) is 4. The molecule has 0 saturated heterocycles. The van der Waals surface area contributed by atoms with Crippen LogP contribution < -0.4 is 10.5 Å². The molecule has 18 heavy (non-hydrogen) atoms. The van der Waals surface area contributed by atoms with Crippen molar-refractivity contribution in [1.82, 2.24) is 4.98 Å². The molecule has 4 nitrogen and oxygen atoms in total. The topological polar surface area (TPSA) is 71.9 Å². The number of anilines is 1. The standard InChI is InChI=1S/C13H10ClN3O/c1-8-4-10(14)2-3-12(8)18-13-9(6-15)5-11(16)7-17-13/h2-5,7H,16H2,1H3. The predicted octanol–water partition coefficient (Wildman–Crippen LogP) is 3.29. The number of pyridine rings is 1. The number of hydrogen-bond donors (Lipinski definition) is 1. The second kappa shape index (κ2) is 4.94. The molecule has 0 radical (unpaired) electrons. The minimum Gasteiger partial charge on any atom is -0.437 e. The molecular weight excluding hydrogens is 250 g/mol. The number of rotatable bonds is 2. The van der Waals surface area contributed by atoms with Crippen molar-refractivity contribution in [2.45, 2.75) is 6.92 Å². The van der Waals surface area contributed by atoms with Crippen molar-refractivity contribution in [3.05, 3.63) is 46.6 Å². The number of aromatic nitrogens is 1. The van der Waals surface area contributed by atoms with Gasteiger partial charge in [-0.3, -0.25) is 0 Å². The fraction of sp³-hybridized carbons (Fsp3) is 0.0769. The van der Waals surface area contributed by atoms with Gasteiger partial charge in [0.05, 0.1) is 11.9 Å². The van der Waals surface area contributed by atoms with E-state index < -0.39 is 0 Å². The summed E-state index contributed by atoms with van der Waals surface area (Å²) in [5, 5.41) is 9.62. The van der Waals surface area contributed by atoms with Crippen LogP contribution in [-0.2, 0) is 0 Å². The number of nitriles is 1. The zero-order valence-corrected chi connectivity index (χ0v) is 10.4. The van der Waals surface area contributed by atoms with E-state index in [1.54, 1.807) is 18.2 Å². The second-order valence-electron chi connectivity index (χ2n) is 3.75. The van der Waals surface area contributed by atoms with E-state index in [2.05, 4.69) is 4.98 Å². The van der Waals surface area contributed by atoms with Gasteiger partial charge in [-0.25, -0.2) is 4.98 Å². The first-order valence-corrected chi connectivity index (χ1v) is 5.57. The maximum absolute atomic E-state index is 8.99. The van der Waals surface area contributed by atoms with Crippen LogP contribution in [-0.4, -0.2) is 4.98 Å². The van der Waals surface area contributed by atoms with Crippen LogP contribution in [0.1, 0.15) is 11.1 Å². The summed E-state index contributed by atoms with van der Waals surface area (Å²) in [7, 11) is 0. The third kappa shape index (κ3) is 2.53. The minimum absolute atomic E-state index is 0.233. The summed E-state index contributed by atoms with van der Waals surface area (Å²) in [6.07, 6.45) is 1.45. The molecule has 0 aliphatic carbocycles. The number of ether oxygens (including phenoxy) is 1. The van der Waals surface area contributed by atoms with Gasteiger partial charge in [0.15, 0.2) is 0 Å². The highest BCUT2D eigenvalue weighted by Crippen LogP contribution is 2.28. The smallest absolute Gasteiger partial charge is 0.237 e. The highest BCUT2D eigenvalue weighted by atomic mass is 35.5. The Kier molecular flexibility index (Phi) is 3.35. The van der Waals surface area contributed by atoms with Gasteiger partial charge in [0.1, 0.15) is 17.4 Å². The average Bonchev–Trinajstić information content (AvgIpc) is 2.34. The fourth-order valence-electron chi connectivity index (χ4n) is 1.46. The number of halogens is 1. The summed E-state index contributed by atoms with van der Waals surface area (Å²) in [5.41, 5.74) is 7.14. The Hall–Kier alpha value is -2.25. The van der Waals surface area contributed by atoms with Crippen LogP contribution in [0, 0.1) is 18.3 Å². The van der Waals surface area contributed by atoms with Crippen molar-refractivity contribution >= 4 is 17.3 Å². The van der Waals surface area contributed by atoms with Crippen molar-refractivity contribution < 1.29 is 4.74 Å².